The molecule has 194 valence electrons. The largest absolute Gasteiger partial charge is 0.504 e. The van der Waals surface area contributed by atoms with E-state index < -0.39 is 47.9 Å². The smallest absolute Gasteiger partial charge is 0.417 e. The maximum atomic E-state index is 13.2. The Bertz CT molecular complexity index is 1390. The maximum absolute atomic E-state index is 13.2. The van der Waals surface area contributed by atoms with Crippen molar-refractivity contribution in [2.75, 3.05) is 6.61 Å². The first-order chi connectivity index (χ1) is 17.6. The van der Waals surface area contributed by atoms with Crippen molar-refractivity contribution in [1.82, 2.24) is 4.98 Å². The minimum Gasteiger partial charge on any atom is -0.504 e. The van der Waals surface area contributed by atoms with Gasteiger partial charge in [0.1, 0.15) is 11.6 Å². The van der Waals surface area contributed by atoms with E-state index in [4.69, 9.17) is 9.47 Å². The number of hydrogen-bond acceptors (Lipinski definition) is 8. The zero-order valence-corrected chi connectivity index (χ0v) is 19.2. The molecule has 5 rings (SSSR count). The first kappa shape index (κ1) is 25.1. The third-order valence-electron chi connectivity index (χ3n) is 6.65. The Balaban J connectivity index is 1.39. The Kier molecular flexibility index (Phi) is 6.38. The average molecular weight is 517 g/mol. The van der Waals surface area contributed by atoms with Crippen LogP contribution in [-0.2, 0) is 4.74 Å². The van der Waals surface area contributed by atoms with Gasteiger partial charge in [-0.3, -0.25) is 14.6 Å². The number of halogens is 3. The van der Waals surface area contributed by atoms with Crippen LogP contribution in [-0.4, -0.2) is 69.1 Å². The number of alkyl halides is 3. The van der Waals surface area contributed by atoms with Gasteiger partial charge < -0.3 is 24.8 Å². The van der Waals surface area contributed by atoms with Gasteiger partial charge in [-0.1, -0.05) is 30.3 Å². The lowest BCUT2D eigenvalue weighted by molar-refractivity contribution is -0.290. The molecule has 1 aromatic heterocycles. The molecular weight excluding hydrogens is 495 g/mol. The van der Waals surface area contributed by atoms with Crippen LogP contribution in [0.2, 0.25) is 0 Å². The molecule has 37 heavy (non-hydrogen) atoms. The molecule has 4 unspecified atom stereocenters. The fourth-order valence-electron chi connectivity index (χ4n) is 4.90. The van der Waals surface area contributed by atoms with Crippen LogP contribution in [0.3, 0.4) is 0 Å². The minimum atomic E-state index is -4.84. The normalized spacial score (nSPS) is 23.6. The molecule has 1 fully saturated rings. The van der Waals surface area contributed by atoms with Crippen LogP contribution < -0.4 is 4.74 Å². The molecule has 3 aromatic rings. The number of carbonyl (C=O) groups excluding carboxylic acids is 2. The van der Waals surface area contributed by atoms with Gasteiger partial charge in [-0.25, -0.2) is 0 Å². The number of carbonyl (C=O) groups is 2. The summed E-state index contributed by atoms with van der Waals surface area (Å²) in [6.07, 6.45) is -10.5. The van der Waals surface area contributed by atoms with Crippen molar-refractivity contribution in [3.63, 3.8) is 0 Å². The molecule has 2 aliphatic rings. The second-order valence-corrected chi connectivity index (χ2v) is 9.04. The van der Waals surface area contributed by atoms with Crippen molar-refractivity contribution in [1.29, 1.82) is 0 Å². The average Bonchev–Trinajstić information content (AvgIpc) is 2.87. The highest BCUT2D eigenvalue weighted by Crippen LogP contribution is 2.44. The van der Waals surface area contributed by atoms with E-state index in [0.717, 1.165) is 0 Å². The lowest BCUT2D eigenvalue weighted by atomic mass is 9.81. The van der Waals surface area contributed by atoms with Gasteiger partial charge >= 0.3 is 6.18 Å². The van der Waals surface area contributed by atoms with Crippen molar-refractivity contribution in [3.05, 3.63) is 64.8 Å². The van der Waals surface area contributed by atoms with Crippen LogP contribution in [0.4, 0.5) is 13.2 Å². The van der Waals surface area contributed by atoms with Crippen molar-refractivity contribution in [2.45, 2.75) is 49.9 Å². The number of phenols is 1. The van der Waals surface area contributed by atoms with Gasteiger partial charge in [-0.2, -0.15) is 13.2 Å². The maximum Gasteiger partial charge on any atom is 0.417 e. The number of aliphatic hydroxyl groups is 2. The third kappa shape index (κ3) is 4.32. The lowest BCUT2D eigenvalue weighted by Crippen LogP contribution is -2.54. The molecule has 3 N–H and O–H groups in total. The Morgan fingerprint density at radius 2 is 1.70 bits per heavy atom. The summed E-state index contributed by atoms with van der Waals surface area (Å²) in [5.74, 6) is -1.64. The number of ketones is 2. The van der Waals surface area contributed by atoms with Crippen molar-refractivity contribution in [3.8, 4) is 11.5 Å². The Labute approximate surface area is 208 Å². The van der Waals surface area contributed by atoms with Crippen LogP contribution in [0.1, 0.15) is 51.1 Å². The summed E-state index contributed by atoms with van der Waals surface area (Å²) >= 11 is 0. The summed E-state index contributed by atoms with van der Waals surface area (Å²) in [4.78, 5) is 30.7. The third-order valence-corrected chi connectivity index (χ3v) is 6.65. The fraction of sp³-hybridized carbons (Fsp3) is 0.346. The lowest BCUT2D eigenvalue weighted by Gasteiger charge is -2.38. The van der Waals surface area contributed by atoms with E-state index in [-0.39, 0.29) is 59.4 Å². The Morgan fingerprint density at radius 1 is 1.03 bits per heavy atom. The van der Waals surface area contributed by atoms with Crippen molar-refractivity contribution in [2.24, 2.45) is 0 Å². The molecular formula is C26H22F3NO7. The molecule has 4 atom stereocenters. The number of nitrogens with zero attached hydrogens (tertiary/aromatic N) is 1. The van der Waals surface area contributed by atoms with E-state index in [1.165, 1.54) is 18.3 Å². The first-order valence-corrected chi connectivity index (χ1v) is 11.6. The molecule has 0 bridgehead atoms. The predicted octanol–water partition coefficient (Wildman–Crippen LogP) is 3.32. The summed E-state index contributed by atoms with van der Waals surface area (Å²) < 4.78 is 50.1. The van der Waals surface area contributed by atoms with Gasteiger partial charge in [0.05, 0.1) is 24.4 Å². The van der Waals surface area contributed by atoms with E-state index in [1.54, 1.807) is 24.3 Å². The van der Waals surface area contributed by atoms with E-state index in [0.29, 0.717) is 5.39 Å². The zero-order chi connectivity index (χ0) is 26.5. The fourth-order valence-corrected chi connectivity index (χ4v) is 4.90. The first-order valence-electron chi connectivity index (χ1n) is 11.6. The van der Waals surface area contributed by atoms with Gasteiger partial charge in [0.25, 0.3) is 0 Å². The number of benzene rings is 2. The van der Waals surface area contributed by atoms with Crippen LogP contribution in [0.25, 0.3) is 10.9 Å². The monoisotopic (exact) mass is 517 g/mol. The second kappa shape index (κ2) is 9.40. The summed E-state index contributed by atoms with van der Waals surface area (Å²) in [7, 11) is 0. The quantitative estimate of drug-likeness (QED) is 0.344. The van der Waals surface area contributed by atoms with Gasteiger partial charge in [0.2, 0.25) is 0 Å². The molecule has 0 radical (unpaired) electrons. The van der Waals surface area contributed by atoms with E-state index in [9.17, 15) is 38.1 Å². The highest BCUT2D eigenvalue weighted by atomic mass is 19.4. The molecule has 2 heterocycles. The van der Waals surface area contributed by atoms with Crippen LogP contribution in [0, 0.1) is 0 Å². The molecule has 0 saturated carbocycles. The van der Waals surface area contributed by atoms with Gasteiger partial charge in [-0.15, -0.1) is 0 Å². The molecule has 1 saturated heterocycles. The number of aliphatic hydroxyl groups excluding tert-OH is 2. The zero-order valence-electron chi connectivity index (χ0n) is 19.2. The number of hydrogen-bond donors (Lipinski definition) is 3. The molecule has 1 aliphatic carbocycles. The number of rotatable bonds is 5. The SMILES string of the molecule is O=C1c2ccccc2C(=O)c2c1c(O)c(OCCCC1CC(O)C(O)C(C(F)(F)F)O1)c1ncccc21. The number of ether oxygens (including phenoxy) is 2. The number of pyridine rings is 1. The summed E-state index contributed by atoms with van der Waals surface area (Å²) in [5.41, 5.74) is 0.357. The van der Waals surface area contributed by atoms with Crippen LogP contribution in [0.5, 0.6) is 11.5 Å². The van der Waals surface area contributed by atoms with Crippen LogP contribution >= 0.6 is 0 Å². The number of aromatic hydroxyl groups is 1. The summed E-state index contributed by atoms with van der Waals surface area (Å²) in [6.45, 7) is -0.0913. The van der Waals surface area contributed by atoms with Gasteiger partial charge in [0.15, 0.2) is 29.2 Å². The molecule has 0 spiro atoms. The number of aromatic nitrogens is 1. The second-order valence-electron chi connectivity index (χ2n) is 9.04. The standard InChI is InChI=1S/C26H22F3NO7/c27-26(28,29)25-22(34)16(31)11-12(37-25)5-4-10-36-24-19-15(8-3-9-30-19)17-18(23(24)35)21(33)14-7-2-1-6-13(14)20(17)32/h1-3,6-9,12,16,22,25,31,34-35H,4-5,10-11H2. The predicted molar refractivity (Wildman–Crippen MR) is 123 cm³/mol. The van der Waals surface area contributed by atoms with Crippen molar-refractivity contribution >= 4 is 22.5 Å². The van der Waals surface area contributed by atoms with Crippen LogP contribution in [0.15, 0.2) is 42.6 Å². The number of phenolic OH excluding ortho intramolecular Hbond substituents is 1. The topological polar surface area (TPSA) is 126 Å². The molecule has 0 amide bonds. The Hall–Kier alpha value is -3.54. The minimum absolute atomic E-state index is 0.0259. The highest BCUT2D eigenvalue weighted by molar-refractivity contribution is 6.33. The van der Waals surface area contributed by atoms with E-state index >= 15 is 0 Å². The van der Waals surface area contributed by atoms with Gasteiger partial charge in [0, 0.05) is 34.7 Å². The Morgan fingerprint density at radius 3 is 2.38 bits per heavy atom. The summed E-state index contributed by atoms with van der Waals surface area (Å²) in [6, 6.07) is 9.45. The molecule has 2 aromatic carbocycles. The summed E-state index contributed by atoms with van der Waals surface area (Å²) in [5, 5.41) is 30.8. The van der Waals surface area contributed by atoms with E-state index in [2.05, 4.69) is 4.98 Å². The highest BCUT2D eigenvalue weighted by Gasteiger charge is 2.51. The van der Waals surface area contributed by atoms with E-state index in [1.807, 2.05) is 0 Å². The number of fused-ring (bicyclic) bond motifs is 4. The van der Waals surface area contributed by atoms with Gasteiger partial charge in [-0.05, 0) is 18.9 Å². The molecule has 8 nitrogen and oxygen atoms in total. The molecule has 1 aliphatic heterocycles. The molecule has 11 heteroatoms. The van der Waals surface area contributed by atoms with Crippen molar-refractivity contribution < 1.29 is 47.6 Å².